The van der Waals surface area contributed by atoms with Gasteiger partial charge in [-0.2, -0.15) is 5.10 Å². The van der Waals surface area contributed by atoms with E-state index in [0.29, 0.717) is 17.2 Å². The second kappa shape index (κ2) is 4.53. The first kappa shape index (κ1) is 11.4. The second-order valence-corrected chi connectivity index (χ2v) is 4.19. The van der Waals surface area contributed by atoms with E-state index in [1.54, 1.807) is 18.2 Å². The molecule has 0 aliphatic heterocycles. The number of nitrogens with zero attached hydrogens (tertiary/aromatic N) is 3. The van der Waals surface area contributed by atoms with Gasteiger partial charge in [0.1, 0.15) is 11.4 Å². The van der Waals surface area contributed by atoms with Crippen molar-refractivity contribution in [3.05, 3.63) is 48.2 Å². The van der Waals surface area contributed by atoms with Crippen LogP contribution >= 0.6 is 0 Å². The number of aromatic hydroxyl groups is 1. The molecule has 3 aromatic rings. The highest BCUT2D eigenvalue weighted by Gasteiger charge is 2.11. The Morgan fingerprint density at radius 2 is 1.84 bits per heavy atom. The Balaban J connectivity index is 2.03. The molecule has 0 aliphatic carbocycles. The molecule has 2 aromatic heterocycles. The van der Waals surface area contributed by atoms with Crippen molar-refractivity contribution in [1.29, 1.82) is 0 Å². The van der Waals surface area contributed by atoms with Gasteiger partial charge in [-0.25, -0.2) is 9.97 Å². The molecule has 0 saturated carbocycles. The third kappa shape index (κ3) is 2.18. The van der Waals surface area contributed by atoms with Crippen molar-refractivity contribution in [3.63, 3.8) is 0 Å². The summed E-state index contributed by atoms with van der Waals surface area (Å²) in [4.78, 5) is 8.74. The number of hydrogen-bond acceptors (Lipinski definition) is 4. The molecule has 1 aromatic carbocycles. The summed E-state index contributed by atoms with van der Waals surface area (Å²) in [5.41, 5.74) is 2.24. The van der Waals surface area contributed by atoms with Gasteiger partial charge in [0, 0.05) is 5.69 Å². The van der Waals surface area contributed by atoms with Crippen molar-refractivity contribution < 1.29 is 5.11 Å². The lowest BCUT2D eigenvalue weighted by Gasteiger charge is -1.98. The van der Waals surface area contributed by atoms with Crippen LogP contribution in [0.4, 0.5) is 0 Å². The number of aromatic amines is 1. The molecule has 94 valence electrons. The van der Waals surface area contributed by atoms with E-state index in [9.17, 15) is 5.11 Å². The Kier molecular flexibility index (Phi) is 2.72. The summed E-state index contributed by atoms with van der Waals surface area (Å²) in [6.07, 6.45) is 0. The van der Waals surface area contributed by atoms with Crippen LogP contribution in [0.2, 0.25) is 0 Å². The van der Waals surface area contributed by atoms with Gasteiger partial charge in [-0.05, 0) is 31.2 Å². The predicted molar refractivity (Wildman–Crippen MR) is 71.5 cm³/mol. The Hall–Kier alpha value is -2.69. The molecule has 0 saturated heterocycles. The number of hydrogen-bond donors (Lipinski definition) is 2. The molecule has 2 N–H and O–H groups in total. The van der Waals surface area contributed by atoms with Gasteiger partial charge in [-0.1, -0.05) is 18.2 Å². The summed E-state index contributed by atoms with van der Waals surface area (Å²) in [6.45, 7) is 1.92. The normalized spacial score (nSPS) is 10.6. The third-order valence-electron chi connectivity index (χ3n) is 2.76. The predicted octanol–water partition coefficient (Wildman–Crippen LogP) is 2.55. The number of aryl methyl sites for hydroxylation is 1. The molecule has 0 spiro atoms. The fourth-order valence-electron chi connectivity index (χ4n) is 1.83. The standard InChI is InChI=1S/C14H12N4O/c1-9-5-4-7-11(15-9)14-16-13(17-18-14)10-6-2-3-8-12(10)19/h2-8,19H,1H3,(H,16,17,18). The van der Waals surface area contributed by atoms with Crippen LogP contribution in [0.25, 0.3) is 22.9 Å². The van der Waals surface area contributed by atoms with Crippen LogP contribution in [0.5, 0.6) is 5.75 Å². The molecule has 0 fully saturated rings. The summed E-state index contributed by atoms with van der Waals surface area (Å²) < 4.78 is 0. The third-order valence-corrected chi connectivity index (χ3v) is 2.76. The summed E-state index contributed by atoms with van der Waals surface area (Å²) >= 11 is 0. The minimum absolute atomic E-state index is 0.158. The zero-order valence-corrected chi connectivity index (χ0v) is 10.3. The number of para-hydroxylation sites is 1. The molecule has 0 bridgehead atoms. The van der Waals surface area contributed by atoms with Crippen LogP contribution in [0.3, 0.4) is 0 Å². The zero-order chi connectivity index (χ0) is 13.2. The van der Waals surface area contributed by atoms with E-state index >= 15 is 0 Å². The molecule has 0 aliphatic rings. The van der Waals surface area contributed by atoms with Gasteiger partial charge in [0.2, 0.25) is 0 Å². The maximum Gasteiger partial charge on any atom is 0.185 e. The van der Waals surface area contributed by atoms with Gasteiger partial charge in [0.05, 0.1) is 5.56 Å². The first-order chi connectivity index (χ1) is 9.24. The Morgan fingerprint density at radius 3 is 2.63 bits per heavy atom. The van der Waals surface area contributed by atoms with Crippen LogP contribution in [0, 0.1) is 6.92 Å². The maximum absolute atomic E-state index is 9.78. The van der Waals surface area contributed by atoms with Crippen LogP contribution in [-0.4, -0.2) is 25.3 Å². The lowest BCUT2D eigenvalue weighted by Crippen LogP contribution is -1.88. The smallest absolute Gasteiger partial charge is 0.185 e. The molecule has 5 nitrogen and oxygen atoms in total. The molecular formula is C14H12N4O. The molecule has 0 radical (unpaired) electrons. The van der Waals surface area contributed by atoms with Gasteiger partial charge in [0.15, 0.2) is 11.6 Å². The lowest BCUT2D eigenvalue weighted by molar-refractivity contribution is 0.477. The van der Waals surface area contributed by atoms with Crippen molar-refractivity contribution >= 4 is 0 Å². The van der Waals surface area contributed by atoms with Crippen LogP contribution < -0.4 is 0 Å². The molecule has 2 heterocycles. The Labute approximate surface area is 110 Å². The molecule has 0 unspecified atom stereocenters. The molecule has 0 atom stereocenters. The maximum atomic E-state index is 9.78. The van der Waals surface area contributed by atoms with Gasteiger partial charge in [0.25, 0.3) is 0 Å². The molecule has 5 heteroatoms. The van der Waals surface area contributed by atoms with E-state index in [-0.39, 0.29) is 5.75 Å². The summed E-state index contributed by atoms with van der Waals surface area (Å²) in [6, 6.07) is 12.7. The topological polar surface area (TPSA) is 74.7 Å². The van der Waals surface area contributed by atoms with Crippen LogP contribution in [0.1, 0.15) is 5.69 Å². The van der Waals surface area contributed by atoms with Crippen molar-refractivity contribution in [1.82, 2.24) is 20.2 Å². The average molecular weight is 252 g/mol. The minimum Gasteiger partial charge on any atom is -0.507 e. The number of nitrogens with one attached hydrogen (secondary N) is 1. The number of aromatic nitrogens is 4. The van der Waals surface area contributed by atoms with E-state index in [0.717, 1.165) is 11.4 Å². The Bertz CT molecular complexity index is 721. The number of rotatable bonds is 2. The van der Waals surface area contributed by atoms with E-state index in [4.69, 9.17) is 0 Å². The molecular weight excluding hydrogens is 240 g/mol. The minimum atomic E-state index is 0.158. The van der Waals surface area contributed by atoms with Gasteiger partial charge < -0.3 is 5.11 Å². The van der Waals surface area contributed by atoms with Crippen molar-refractivity contribution in [2.45, 2.75) is 6.92 Å². The van der Waals surface area contributed by atoms with Gasteiger partial charge in [-0.3, -0.25) is 5.10 Å². The molecule has 19 heavy (non-hydrogen) atoms. The first-order valence-corrected chi connectivity index (χ1v) is 5.89. The largest absolute Gasteiger partial charge is 0.507 e. The first-order valence-electron chi connectivity index (χ1n) is 5.89. The van der Waals surface area contributed by atoms with E-state index in [1.807, 2.05) is 31.2 Å². The second-order valence-electron chi connectivity index (χ2n) is 4.19. The van der Waals surface area contributed by atoms with Gasteiger partial charge in [-0.15, -0.1) is 0 Å². The summed E-state index contributed by atoms with van der Waals surface area (Å²) in [7, 11) is 0. The van der Waals surface area contributed by atoms with Crippen molar-refractivity contribution in [2.75, 3.05) is 0 Å². The number of benzene rings is 1. The lowest BCUT2D eigenvalue weighted by atomic mass is 10.2. The number of phenolic OH excluding ortho intramolecular Hbond substituents is 1. The van der Waals surface area contributed by atoms with Crippen LogP contribution in [0.15, 0.2) is 42.5 Å². The van der Waals surface area contributed by atoms with E-state index < -0.39 is 0 Å². The van der Waals surface area contributed by atoms with Crippen molar-refractivity contribution in [2.24, 2.45) is 0 Å². The number of pyridine rings is 1. The summed E-state index contributed by atoms with van der Waals surface area (Å²) in [5.74, 6) is 1.20. The highest BCUT2D eigenvalue weighted by molar-refractivity contribution is 5.65. The fourth-order valence-corrected chi connectivity index (χ4v) is 1.83. The van der Waals surface area contributed by atoms with Crippen molar-refractivity contribution in [3.8, 4) is 28.7 Å². The SMILES string of the molecule is Cc1cccc(-c2nc(-c3ccccc3O)n[nH]2)n1. The van der Waals surface area contributed by atoms with Gasteiger partial charge >= 0.3 is 0 Å². The average Bonchev–Trinajstić information content (AvgIpc) is 2.89. The Morgan fingerprint density at radius 1 is 1.00 bits per heavy atom. The fraction of sp³-hybridized carbons (Fsp3) is 0.0714. The van der Waals surface area contributed by atoms with E-state index in [1.165, 1.54) is 0 Å². The zero-order valence-electron chi connectivity index (χ0n) is 10.3. The number of H-pyrrole nitrogens is 1. The number of phenols is 1. The monoisotopic (exact) mass is 252 g/mol. The van der Waals surface area contributed by atoms with Crippen LogP contribution in [-0.2, 0) is 0 Å². The molecule has 0 amide bonds. The highest BCUT2D eigenvalue weighted by Crippen LogP contribution is 2.26. The summed E-state index contributed by atoms with van der Waals surface area (Å²) in [5, 5.41) is 16.7. The highest BCUT2D eigenvalue weighted by atomic mass is 16.3. The molecule has 3 rings (SSSR count). The van der Waals surface area contributed by atoms with E-state index in [2.05, 4.69) is 20.2 Å². The quantitative estimate of drug-likeness (QED) is 0.735.